The number of ether oxygens (including phenoxy) is 1. The summed E-state index contributed by atoms with van der Waals surface area (Å²) in [6.07, 6.45) is 1.40. The Kier molecular flexibility index (Phi) is 3.86. The lowest BCUT2D eigenvalue weighted by molar-refractivity contribution is 0.0597. The van der Waals surface area contributed by atoms with Crippen molar-refractivity contribution in [3.05, 3.63) is 46.4 Å². The molecule has 0 spiro atoms. The van der Waals surface area contributed by atoms with E-state index >= 15 is 0 Å². The van der Waals surface area contributed by atoms with Crippen LogP contribution in [0.4, 0.5) is 5.69 Å². The topological polar surface area (TPSA) is 98.1 Å². The number of benzene rings is 1. The molecule has 98 valence electrons. The number of methoxy groups -OCH3 is 1. The number of hydrogen-bond acceptors (Lipinski definition) is 6. The fourth-order valence-electron chi connectivity index (χ4n) is 1.41. The van der Waals surface area contributed by atoms with Gasteiger partial charge in [0.1, 0.15) is 0 Å². The van der Waals surface area contributed by atoms with Crippen LogP contribution in [0.15, 0.2) is 45.3 Å². The van der Waals surface area contributed by atoms with Crippen LogP contribution in [0.3, 0.4) is 0 Å². The number of H-pyrrole nitrogens is 1. The first-order valence-electron chi connectivity index (χ1n) is 5.31. The first kappa shape index (κ1) is 13.2. The molecule has 0 saturated heterocycles. The van der Waals surface area contributed by atoms with Crippen molar-refractivity contribution in [1.29, 1.82) is 0 Å². The van der Waals surface area contributed by atoms with E-state index in [0.29, 0.717) is 21.3 Å². The molecule has 7 heteroatoms. The number of aromatic nitrogens is 2. The van der Waals surface area contributed by atoms with Crippen LogP contribution in [0.25, 0.3) is 0 Å². The van der Waals surface area contributed by atoms with Gasteiger partial charge in [-0.15, -0.1) is 0 Å². The first-order chi connectivity index (χ1) is 9.10. The molecule has 19 heavy (non-hydrogen) atoms. The van der Waals surface area contributed by atoms with E-state index < -0.39 is 5.97 Å². The van der Waals surface area contributed by atoms with Crippen LogP contribution in [0.5, 0.6) is 0 Å². The van der Waals surface area contributed by atoms with Gasteiger partial charge in [-0.1, -0.05) is 11.8 Å². The second-order valence-corrected chi connectivity index (χ2v) is 4.62. The van der Waals surface area contributed by atoms with Crippen molar-refractivity contribution >= 4 is 23.4 Å². The molecule has 0 fully saturated rings. The van der Waals surface area contributed by atoms with Crippen LogP contribution in [-0.2, 0) is 4.74 Å². The number of hydrogen-bond donors (Lipinski definition) is 2. The molecule has 0 radical (unpaired) electrons. The van der Waals surface area contributed by atoms with E-state index in [1.54, 1.807) is 12.1 Å². The zero-order chi connectivity index (χ0) is 13.8. The SMILES string of the molecule is COC(=O)c1cc(N)ccc1Sc1nccc(=O)[nH]1. The second kappa shape index (κ2) is 5.57. The number of nitrogens with one attached hydrogen (secondary N) is 1. The third-order valence-electron chi connectivity index (χ3n) is 2.26. The number of carbonyl (C=O) groups excluding carboxylic acids is 1. The zero-order valence-electron chi connectivity index (χ0n) is 10.0. The van der Waals surface area contributed by atoms with E-state index in [-0.39, 0.29) is 5.56 Å². The molecule has 1 heterocycles. The van der Waals surface area contributed by atoms with E-state index in [1.165, 1.54) is 25.4 Å². The molecule has 0 bridgehead atoms. The summed E-state index contributed by atoms with van der Waals surface area (Å²) >= 11 is 1.16. The Morgan fingerprint density at radius 3 is 2.89 bits per heavy atom. The number of anilines is 1. The highest BCUT2D eigenvalue weighted by atomic mass is 32.2. The van der Waals surface area contributed by atoms with Gasteiger partial charge < -0.3 is 15.5 Å². The fourth-order valence-corrected chi connectivity index (χ4v) is 2.28. The van der Waals surface area contributed by atoms with Crippen LogP contribution in [0, 0.1) is 0 Å². The molecule has 0 aliphatic heterocycles. The minimum absolute atomic E-state index is 0.257. The number of nitrogens with zero attached hydrogens (tertiary/aromatic N) is 1. The van der Waals surface area contributed by atoms with Crippen molar-refractivity contribution in [1.82, 2.24) is 9.97 Å². The van der Waals surface area contributed by atoms with E-state index in [1.807, 2.05) is 0 Å². The quantitative estimate of drug-likeness (QED) is 0.498. The number of carbonyl (C=O) groups is 1. The maximum absolute atomic E-state index is 11.7. The predicted octanol–water partition coefficient (Wildman–Crippen LogP) is 1.29. The van der Waals surface area contributed by atoms with Crippen molar-refractivity contribution in [2.24, 2.45) is 0 Å². The van der Waals surface area contributed by atoms with Crippen LogP contribution >= 0.6 is 11.8 Å². The highest BCUT2D eigenvalue weighted by Gasteiger charge is 2.14. The molecule has 0 unspecified atom stereocenters. The zero-order valence-corrected chi connectivity index (χ0v) is 10.9. The lowest BCUT2D eigenvalue weighted by atomic mass is 10.2. The average molecular weight is 277 g/mol. The monoisotopic (exact) mass is 277 g/mol. The molecule has 0 aliphatic carbocycles. The molecule has 0 amide bonds. The largest absolute Gasteiger partial charge is 0.465 e. The molecule has 0 atom stereocenters. The standard InChI is InChI=1S/C12H11N3O3S/c1-18-11(17)8-6-7(13)2-3-9(8)19-12-14-5-4-10(16)15-12/h2-6H,13H2,1H3,(H,14,15,16). The molecule has 6 nitrogen and oxygen atoms in total. The first-order valence-corrected chi connectivity index (χ1v) is 6.13. The van der Waals surface area contributed by atoms with Crippen LogP contribution in [-0.4, -0.2) is 23.0 Å². The van der Waals surface area contributed by atoms with Gasteiger partial charge in [-0.2, -0.15) is 0 Å². The maximum atomic E-state index is 11.7. The summed E-state index contributed by atoms with van der Waals surface area (Å²) in [6.45, 7) is 0. The Morgan fingerprint density at radius 1 is 1.42 bits per heavy atom. The summed E-state index contributed by atoms with van der Waals surface area (Å²) in [6, 6.07) is 6.18. The minimum Gasteiger partial charge on any atom is -0.465 e. The van der Waals surface area contributed by atoms with Crippen molar-refractivity contribution in [3.63, 3.8) is 0 Å². The number of esters is 1. The van der Waals surface area contributed by atoms with Crippen molar-refractivity contribution in [2.45, 2.75) is 10.1 Å². The number of aromatic amines is 1. The molecule has 3 N–H and O–H groups in total. The van der Waals surface area contributed by atoms with Gasteiger partial charge in [0.05, 0.1) is 12.7 Å². The molecular formula is C12H11N3O3S. The molecular weight excluding hydrogens is 266 g/mol. The smallest absolute Gasteiger partial charge is 0.339 e. The van der Waals surface area contributed by atoms with Crippen molar-refractivity contribution in [3.8, 4) is 0 Å². The van der Waals surface area contributed by atoms with Gasteiger partial charge in [-0.05, 0) is 18.2 Å². The van der Waals surface area contributed by atoms with Gasteiger partial charge in [0.15, 0.2) is 5.16 Å². The van der Waals surface area contributed by atoms with Crippen LogP contribution in [0.1, 0.15) is 10.4 Å². The maximum Gasteiger partial charge on any atom is 0.339 e. The van der Waals surface area contributed by atoms with Crippen molar-refractivity contribution < 1.29 is 9.53 Å². The molecule has 2 aromatic rings. The number of nitrogens with two attached hydrogens (primary N) is 1. The highest BCUT2D eigenvalue weighted by Crippen LogP contribution is 2.29. The Hall–Kier alpha value is -2.28. The summed E-state index contributed by atoms with van der Waals surface area (Å²) in [5.41, 5.74) is 6.18. The summed E-state index contributed by atoms with van der Waals surface area (Å²) in [7, 11) is 1.29. The number of rotatable bonds is 3. The van der Waals surface area contributed by atoms with Gasteiger partial charge >= 0.3 is 5.97 Å². The molecule has 0 saturated carbocycles. The third kappa shape index (κ3) is 3.14. The number of nitrogen functional groups attached to an aromatic ring is 1. The van der Waals surface area contributed by atoms with E-state index in [4.69, 9.17) is 10.5 Å². The summed E-state index contributed by atoms with van der Waals surface area (Å²) in [4.78, 5) is 30.0. The fraction of sp³-hybridized carbons (Fsp3) is 0.0833. The lowest BCUT2D eigenvalue weighted by Crippen LogP contribution is -2.07. The Labute approximate surface area is 113 Å². The molecule has 0 aliphatic rings. The molecule has 2 rings (SSSR count). The Morgan fingerprint density at radius 2 is 2.21 bits per heavy atom. The Bertz CT molecular complexity index is 669. The van der Waals surface area contributed by atoms with Gasteiger partial charge in [-0.25, -0.2) is 9.78 Å². The van der Waals surface area contributed by atoms with E-state index in [9.17, 15) is 9.59 Å². The van der Waals surface area contributed by atoms with Gasteiger partial charge in [0.2, 0.25) is 0 Å². The highest BCUT2D eigenvalue weighted by molar-refractivity contribution is 7.99. The van der Waals surface area contributed by atoms with Gasteiger partial charge in [0, 0.05) is 22.8 Å². The van der Waals surface area contributed by atoms with Gasteiger partial charge in [-0.3, -0.25) is 4.79 Å². The third-order valence-corrected chi connectivity index (χ3v) is 3.24. The van der Waals surface area contributed by atoms with Crippen molar-refractivity contribution in [2.75, 3.05) is 12.8 Å². The van der Waals surface area contributed by atoms with Crippen LogP contribution < -0.4 is 11.3 Å². The average Bonchev–Trinajstić information content (AvgIpc) is 2.40. The molecule has 1 aromatic carbocycles. The predicted molar refractivity (Wildman–Crippen MR) is 71.2 cm³/mol. The van der Waals surface area contributed by atoms with Crippen LogP contribution in [0.2, 0.25) is 0 Å². The van der Waals surface area contributed by atoms with E-state index in [2.05, 4.69) is 9.97 Å². The molecule has 1 aromatic heterocycles. The summed E-state index contributed by atoms with van der Waals surface area (Å²) < 4.78 is 4.69. The summed E-state index contributed by atoms with van der Waals surface area (Å²) in [5.74, 6) is -0.493. The van der Waals surface area contributed by atoms with Gasteiger partial charge in [0.25, 0.3) is 5.56 Å². The Balaban J connectivity index is 2.39. The second-order valence-electron chi connectivity index (χ2n) is 3.59. The van der Waals surface area contributed by atoms with E-state index in [0.717, 1.165) is 11.8 Å². The summed E-state index contributed by atoms with van der Waals surface area (Å²) in [5, 5.41) is 0.391. The lowest BCUT2D eigenvalue weighted by Gasteiger charge is -2.07. The normalized spacial score (nSPS) is 10.2. The minimum atomic E-state index is -0.493.